The van der Waals surface area contributed by atoms with Crippen molar-refractivity contribution in [1.29, 1.82) is 0 Å². The van der Waals surface area contributed by atoms with Gasteiger partial charge >= 0.3 is 12.1 Å². The molecule has 0 unspecified atom stereocenters. The number of carbonyl (C=O) groups is 2. The number of ether oxygens (including phenoxy) is 1. The van der Waals surface area contributed by atoms with E-state index in [1.165, 1.54) is 4.90 Å². The minimum Gasteiger partial charge on any atom is -0.465 e. The summed E-state index contributed by atoms with van der Waals surface area (Å²) in [7, 11) is 0. The fourth-order valence-electron chi connectivity index (χ4n) is 4.84. The topological polar surface area (TPSA) is 95.0 Å². The Morgan fingerprint density at radius 1 is 1.09 bits per heavy atom. The lowest BCUT2D eigenvalue weighted by Crippen LogP contribution is -2.36. The van der Waals surface area contributed by atoms with Crippen molar-refractivity contribution in [3.8, 4) is 0 Å². The van der Waals surface area contributed by atoms with Crippen molar-refractivity contribution < 1.29 is 19.4 Å². The predicted molar refractivity (Wildman–Crippen MR) is 135 cm³/mol. The molecule has 3 heterocycles. The summed E-state index contributed by atoms with van der Waals surface area (Å²) in [5.74, 6) is 0.412. The number of hydrogen-bond donors (Lipinski definition) is 2. The highest BCUT2D eigenvalue weighted by Crippen LogP contribution is 2.26. The van der Waals surface area contributed by atoms with E-state index in [1.54, 1.807) is 0 Å². The lowest BCUT2D eigenvalue weighted by Gasteiger charge is -2.26. The number of benzene rings is 1. The van der Waals surface area contributed by atoms with Gasteiger partial charge in [0.25, 0.3) is 0 Å². The molecule has 1 amide bonds. The highest BCUT2D eigenvalue weighted by atomic mass is 16.5. The van der Waals surface area contributed by atoms with E-state index in [0.717, 1.165) is 81.4 Å². The fraction of sp³-hybridized carbons (Fsp3) is 0.519. The first kappa shape index (κ1) is 25.1. The normalized spacial score (nSPS) is 17.8. The summed E-state index contributed by atoms with van der Waals surface area (Å²) in [6.07, 6.45) is 6.03. The smallest absolute Gasteiger partial charge is 0.413 e. The van der Waals surface area contributed by atoms with Crippen molar-refractivity contribution >= 4 is 17.9 Å². The molecule has 0 saturated carbocycles. The van der Waals surface area contributed by atoms with Crippen LogP contribution in [0.25, 0.3) is 0 Å². The van der Waals surface area contributed by atoms with Crippen LogP contribution in [0.5, 0.6) is 0 Å². The van der Waals surface area contributed by atoms with Crippen molar-refractivity contribution in [2.75, 3.05) is 37.6 Å². The number of nitrogens with one attached hydrogen (secondary N) is 1. The molecule has 0 spiro atoms. The number of amides is 1. The molecule has 2 aromatic rings. The molecular formula is C27H36N4O4. The summed E-state index contributed by atoms with van der Waals surface area (Å²) in [5, 5.41) is 12.8. The van der Waals surface area contributed by atoms with Gasteiger partial charge in [0, 0.05) is 24.8 Å². The molecule has 8 nitrogen and oxygen atoms in total. The van der Waals surface area contributed by atoms with Gasteiger partial charge in [0.05, 0.1) is 6.54 Å². The summed E-state index contributed by atoms with van der Waals surface area (Å²) < 4.78 is 5.34. The van der Waals surface area contributed by atoms with E-state index in [-0.39, 0.29) is 12.5 Å². The van der Waals surface area contributed by atoms with E-state index in [4.69, 9.17) is 4.74 Å². The molecule has 188 valence electrons. The SMILES string of the molecule is O=C(CN[C@H]1CCN(CCCCCc2ccc3c(n2)N(C(=O)O)CCC3)C1)OCc1ccccc1. The van der Waals surface area contributed by atoms with Crippen LogP contribution >= 0.6 is 0 Å². The number of rotatable bonds is 11. The molecule has 2 aliphatic rings. The first-order valence-electron chi connectivity index (χ1n) is 12.7. The number of esters is 1. The minimum absolute atomic E-state index is 0.213. The van der Waals surface area contributed by atoms with Crippen LogP contribution in [0.2, 0.25) is 0 Å². The molecule has 2 N–H and O–H groups in total. The quantitative estimate of drug-likeness (QED) is 0.375. The number of nitrogens with zero attached hydrogens (tertiary/aromatic N) is 3. The van der Waals surface area contributed by atoms with Crippen LogP contribution in [0, 0.1) is 0 Å². The van der Waals surface area contributed by atoms with Crippen LogP contribution in [0.15, 0.2) is 42.5 Å². The Morgan fingerprint density at radius 2 is 1.94 bits per heavy atom. The molecule has 1 atom stereocenters. The summed E-state index contributed by atoms with van der Waals surface area (Å²) >= 11 is 0. The van der Waals surface area contributed by atoms with Gasteiger partial charge in [0.2, 0.25) is 0 Å². The Morgan fingerprint density at radius 3 is 2.77 bits per heavy atom. The third-order valence-electron chi connectivity index (χ3n) is 6.79. The molecule has 0 aliphatic carbocycles. The van der Waals surface area contributed by atoms with Gasteiger partial charge in [0.1, 0.15) is 12.4 Å². The van der Waals surface area contributed by atoms with Gasteiger partial charge in [-0.05, 0) is 68.8 Å². The number of likely N-dealkylation sites (tertiary alicyclic amines) is 1. The second kappa shape index (κ2) is 12.7. The molecule has 1 saturated heterocycles. The average molecular weight is 481 g/mol. The van der Waals surface area contributed by atoms with Gasteiger partial charge < -0.3 is 20.1 Å². The number of carboxylic acid groups (broad SMARTS) is 1. The van der Waals surface area contributed by atoms with Crippen LogP contribution < -0.4 is 10.2 Å². The highest BCUT2D eigenvalue weighted by molar-refractivity contribution is 5.86. The lowest BCUT2D eigenvalue weighted by atomic mass is 10.0. The third kappa shape index (κ3) is 7.50. The zero-order chi connectivity index (χ0) is 24.5. The molecular weight excluding hydrogens is 444 g/mol. The zero-order valence-corrected chi connectivity index (χ0v) is 20.3. The summed E-state index contributed by atoms with van der Waals surface area (Å²) in [6, 6.07) is 14.1. The molecule has 0 bridgehead atoms. The number of aromatic nitrogens is 1. The first-order valence-corrected chi connectivity index (χ1v) is 12.7. The van der Waals surface area contributed by atoms with Crippen LogP contribution in [-0.2, 0) is 29.0 Å². The molecule has 1 fully saturated rings. The van der Waals surface area contributed by atoms with Gasteiger partial charge in [-0.3, -0.25) is 9.69 Å². The maximum atomic E-state index is 12.0. The van der Waals surface area contributed by atoms with Crippen molar-refractivity contribution in [3.63, 3.8) is 0 Å². The third-order valence-corrected chi connectivity index (χ3v) is 6.79. The minimum atomic E-state index is -0.918. The number of carbonyl (C=O) groups excluding carboxylic acids is 1. The second-order valence-electron chi connectivity index (χ2n) is 9.45. The van der Waals surface area contributed by atoms with Gasteiger partial charge in [-0.25, -0.2) is 9.78 Å². The Kier molecular flexibility index (Phi) is 9.08. The number of pyridine rings is 1. The summed E-state index contributed by atoms with van der Waals surface area (Å²) in [5.41, 5.74) is 3.00. The molecule has 35 heavy (non-hydrogen) atoms. The summed E-state index contributed by atoms with van der Waals surface area (Å²) in [4.78, 5) is 32.0. The Hall–Kier alpha value is -2.97. The highest BCUT2D eigenvalue weighted by Gasteiger charge is 2.24. The van der Waals surface area contributed by atoms with E-state index in [1.807, 2.05) is 42.5 Å². The van der Waals surface area contributed by atoms with E-state index in [0.29, 0.717) is 25.0 Å². The van der Waals surface area contributed by atoms with Crippen LogP contribution in [0.1, 0.15) is 48.9 Å². The number of fused-ring (bicyclic) bond motifs is 1. The number of anilines is 1. The number of unbranched alkanes of at least 4 members (excludes halogenated alkanes) is 2. The maximum absolute atomic E-state index is 12.0. The Bertz CT molecular complexity index is 984. The van der Waals surface area contributed by atoms with Crippen molar-refractivity contribution in [2.24, 2.45) is 0 Å². The molecule has 0 radical (unpaired) electrons. The standard InChI is InChI=1S/C27H36N4O4/c32-25(35-20-21-8-3-1-4-9-21)18-28-24-14-17-30(19-24)15-6-2-5-11-23-13-12-22-10-7-16-31(27(33)34)26(22)29-23/h1,3-4,8-9,12-13,24,28H,2,5-7,10-11,14-20H2,(H,33,34)/t24-/m0/s1. The second-order valence-corrected chi connectivity index (χ2v) is 9.45. The molecule has 1 aromatic heterocycles. The van der Waals surface area contributed by atoms with Crippen LogP contribution in [0.3, 0.4) is 0 Å². The molecule has 1 aromatic carbocycles. The zero-order valence-electron chi connectivity index (χ0n) is 20.3. The average Bonchev–Trinajstić information content (AvgIpc) is 3.34. The monoisotopic (exact) mass is 480 g/mol. The van der Waals surface area contributed by atoms with Crippen molar-refractivity contribution in [2.45, 2.75) is 57.6 Å². The fourth-order valence-corrected chi connectivity index (χ4v) is 4.84. The Balaban J connectivity index is 1.08. The molecule has 4 rings (SSSR count). The molecule has 8 heteroatoms. The summed E-state index contributed by atoms with van der Waals surface area (Å²) in [6.45, 7) is 4.16. The van der Waals surface area contributed by atoms with Gasteiger partial charge in [-0.1, -0.05) is 42.8 Å². The first-order chi connectivity index (χ1) is 17.1. The van der Waals surface area contributed by atoms with E-state index in [9.17, 15) is 14.7 Å². The largest absolute Gasteiger partial charge is 0.465 e. The van der Waals surface area contributed by atoms with E-state index in [2.05, 4.69) is 15.2 Å². The van der Waals surface area contributed by atoms with E-state index < -0.39 is 6.09 Å². The van der Waals surface area contributed by atoms with Crippen molar-refractivity contribution in [1.82, 2.24) is 15.2 Å². The predicted octanol–water partition coefficient (Wildman–Crippen LogP) is 3.63. The van der Waals surface area contributed by atoms with Crippen LogP contribution in [0.4, 0.5) is 10.6 Å². The van der Waals surface area contributed by atoms with Crippen molar-refractivity contribution in [3.05, 3.63) is 59.3 Å². The number of aryl methyl sites for hydroxylation is 2. The van der Waals surface area contributed by atoms with Crippen LogP contribution in [-0.4, -0.2) is 65.8 Å². The van der Waals surface area contributed by atoms with Gasteiger partial charge in [0.15, 0.2) is 0 Å². The van der Waals surface area contributed by atoms with Gasteiger partial charge in [-0.15, -0.1) is 0 Å². The lowest BCUT2D eigenvalue weighted by molar-refractivity contribution is -0.144. The molecule has 2 aliphatic heterocycles. The van der Waals surface area contributed by atoms with E-state index >= 15 is 0 Å². The number of hydrogen-bond acceptors (Lipinski definition) is 6. The maximum Gasteiger partial charge on any atom is 0.413 e. The Labute approximate surface area is 207 Å². The van der Waals surface area contributed by atoms with Gasteiger partial charge in [-0.2, -0.15) is 0 Å².